The number of rotatable bonds is 6. The van der Waals surface area contributed by atoms with Gasteiger partial charge in [-0.25, -0.2) is 0 Å². The molecule has 1 unspecified atom stereocenters. The Labute approximate surface area is 127 Å². The smallest absolute Gasteiger partial charge is 0.222 e. The van der Waals surface area contributed by atoms with Crippen molar-refractivity contribution >= 4 is 11.6 Å². The molecule has 1 aliphatic rings. The highest BCUT2D eigenvalue weighted by molar-refractivity contribution is 5.76. The van der Waals surface area contributed by atoms with Crippen molar-refractivity contribution in [2.45, 2.75) is 51.7 Å². The van der Waals surface area contributed by atoms with E-state index in [1.165, 1.54) is 6.42 Å². The highest BCUT2D eigenvalue weighted by Crippen LogP contribution is 2.19. The topological polar surface area (TPSA) is 55.6 Å². The molecule has 0 spiro atoms. The Balaban J connectivity index is 1.85. The van der Waals surface area contributed by atoms with Gasteiger partial charge < -0.3 is 15.4 Å². The third-order valence-corrected chi connectivity index (χ3v) is 4.10. The van der Waals surface area contributed by atoms with Crippen LogP contribution in [-0.4, -0.2) is 30.1 Å². The van der Waals surface area contributed by atoms with E-state index in [2.05, 4.69) is 0 Å². The summed E-state index contributed by atoms with van der Waals surface area (Å²) in [7, 11) is 0. The third kappa shape index (κ3) is 4.74. The molecule has 1 fully saturated rings. The van der Waals surface area contributed by atoms with Crippen molar-refractivity contribution in [1.29, 1.82) is 0 Å². The molecule has 2 rings (SSSR count). The molecule has 21 heavy (non-hydrogen) atoms. The first-order valence-corrected chi connectivity index (χ1v) is 7.93. The highest BCUT2D eigenvalue weighted by Gasteiger charge is 2.18. The van der Waals surface area contributed by atoms with Crippen molar-refractivity contribution < 1.29 is 9.53 Å². The Kier molecular flexibility index (Phi) is 6.05. The van der Waals surface area contributed by atoms with Gasteiger partial charge in [0.25, 0.3) is 0 Å². The van der Waals surface area contributed by atoms with E-state index >= 15 is 0 Å². The van der Waals surface area contributed by atoms with Gasteiger partial charge in [-0.3, -0.25) is 4.79 Å². The van der Waals surface area contributed by atoms with E-state index in [0.717, 1.165) is 37.1 Å². The summed E-state index contributed by atoms with van der Waals surface area (Å²) in [5.41, 5.74) is 7.72. The van der Waals surface area contributed by atoms with E-state index in [4.69, 9.17) is 10.5 Å². The van der Waals surface area contributed by atoms with Crippen LogP contribution in [0.3, 0.4) is 0 Å². The van der Waals surface area contributed by atoms with Gasteiger partial charge in [0.1, 0.15) is 0 Å². The minimum absolute atomic E-state index is 0.190. The fourth-order valence-electron chi connectivity index (χ4n) is 2.74. The third-order valence-electron chi connectivity index (χ3n) is 4.10. The zero-order valence-corrected chi connectivity index (χ0v) is 12.9. The predicted molar refractivity (Wildman–Crippen MR) is 84.8 cm³/mol. The van der Waals surface area contributed by atoms with Gasteiger partial charge in [-0.2, -0.15) is 0 Å². The normalized spacial score (nSPS) is 18.4. The number of amides is 1. The van der Waals surface area contributed by atoms with Crippen molar-refractivity contribution in [2.75, 3.05) is 18.9 Å². The molecule has 1 atom stereocenters. The number of hydrogen-bond donors (Lipinski definition) is 1. The first-order valence-electron chi connectivity index (χ1n) is 7.93. The molecule has 2 N–H and O–H groups in total. The van der Waals surface area contributed by atoms with Gasteiger partial charge in [0.15, 0.2) is 0 Å². The summed E-state index contributed by atoms with van der Waals surface area (Å²) in [5, 5.41) is 0. The number of ether oxygens (including phenoxy) is 1. The maximum atomic E-state index is 12.4. The average molecular weight is 290 g/mol. The lowest BCUT2D eigenvalue weighted by molar-refractivity contribution is -0.132. The number of benzene rings is 1. The molecule has 4 nitrogen and oxygen atoms in total. The van der Waals surface area contributed by atoms with E-state index in [0.29, 0.717) is 19.5 Å². The van der Waals surface area contributed by atoms with Crippen LogP contribution in [0.4, 0.5) is 5.69 Å². The molecule has 0 aliphatic carbocycles. The lowest BCUT2D eigenvalue weighted by Crippen LogP contribution is -2.31. The van der Waals surface area contributed by atoms with E-state index < -0.39 is 0 Å². The van der Waals surface area contributed by atoms with Gasteiger partial charge >= 0.3 is 0 Å². The lowest BCUT2D eigenvalue weighted by Gasteiger charge is -2.25. The molecule has 0 saturated carbocycles. The quantitative estimate of drug-likeness (QED) is 0.819. The zero-order chi connectivity index (χ0) is 15.1. The maximum absolute atomic E-state index is 12.4. The van der Waals surface area contributed by atoms with E-state index in [9.17, 15) is 4.79 Å². The van der Waals surface area contributed by atoms with Crippen molar-refractivity contribution in [2.24, 2.45) is 0 Å². The Morgan fingerprint density at radius 2 is 2.19 bits per heavy atom. The van der Waals surface area contributed by atoms with Crippen LogP contribution in [0.25, 0.3) is 0 Å². The molecular formula is C17H26N2O2. The van der Waals surface area contributed by atoms with Crippen LogP contribution in [-0.2, 0) is 16.1 Å². The molecule has 1 saturated heterocycles. The van der Waals surface area contributed by atoms with E-state index in [-0.39, 0.29) is 12.0 Å². The van der Waals surface area contributed by atoms with E-state index in [1.54, 1.807) is 0 Å². The van der Waals surface area contributed by atoms with Crippen LogP contribution >= 0.6 is 0 Å². The molecule has 0 aromatic heterocycles. The zero-order valence-electron chi connectivity index (χ0n) is 12.9. The number of para-hydroxylation sites is 1. The predicted octanol–water partition coefficient (Wildman–Crippen LogP) is 2.97. The number of anilines is 1. The summed E-state index contributed by atoms with van der Waals surface area (Å²) in [4.78, 5) is 14.2. The van der Waals surface area contributed by atoms with Crippen LogP contribution < -0.4 is 5.73 Å². The number of nitrogens with zero attached hydrogens (tertiary/aromatic N) is 1. The van der Waals surface area contributed by atoms with Crippen molar-refractivity contribution in [3.05, 3.63) is 29.8 Å². The summed E-state index contributed by atoms with van der Waals surface area (Å²) >= 11 is 0. The summed E-state index contributed by atoms with van der Waals surface area (Å²) in [6.07, 6.45) is 5.12. The van der Waals surface area contributed by atoms with Crippen LogP contribution in [0.1, 0.15) is 44.6 Å². The van der Waals surface area contributed by atoms with Crippen molar-refractivity contribution in [3.63, 3.8) is 0 Å². The van der Waals surface area contributed by atoms with E-state index in [1.807, 2.05) is 36.1 Å². The van der Waals surface area contributed by atoms with Crippen molar-refractivity contribution in [3.8, 4) is 0 Å². The molecule has 116 valence electrons. The first kappa shape index (κ1) is 15.8. The van der Waals surface area contributed by atoms with Gasteiger partial charge in [0.2, 0.25) is 5.91 Å². The fraction of sp³-hybridized carbons (Fsp3) is 0.588. The number of nitrogens with two attached hydrogens (primary N) is 1. The molecule has 4 heteroatoms. The number of hydrogen-bond acceptors (Lipinski definition) is 3. The average Bonchev–Trinajstić information content (AvgIpc) is 2.53. The molecule has 0 radical (unpaired) electrons. The van der Waals surface area contributed by atoms with Crippen LogP contribution in [0, 0.1) is 0 Å². The second-order valence-corrected chi connectivity index (χ2v) is 5.63. The first-order chi connectivity index (χ1) is 10.2. The Morgan fingerprint density at radius 1 is 1.38 bits per heavy atom. The van der Waals surface area contributed by atoms with Crippen LogP contribution in [0.5, 0.6) is 0 Å². The second-order valence-electron chi connectivity index (χ2n) is 5.63. The van der Waals surface area contributed by atoms with Gasteiger partial charge in [0.05, 0.1) is 6.10 Å². The van der Waals surface area contributed by atoms with Gasteiger partial charge in [0, 0.05) is 31.8 Å². The van der Waals surface area contributed by atoms with Gasteiger partial charge in [-0.05, 0) is 44.2 Å². The molecule has 0 bridgehead atoms. The second kappa shape index (κ2) is 8.03. The molecular weight excluding hydrogens is 264 g/mol. The molecule has 1 heterocycles. The Morgan fingerprint density at radius 3 is 2.86 bits per heavy atom. The van der Waals surface area contributed by atoms with Gasteiger partial charge in [-0.1, -0.05) is 18.2 Å². The number of carbonyl (C=O) groups excluding carboxylic acids is 1. The minimum Gasteiger partial charge on any atom is -0.398 e. The summed E-state index contributed by atoms with van der Waals surface area (Å²) in [6.45, 7) is 4.15. The lowest BCUT2D eigenvalue weighted by atomic mass is 10.0. The van der Waals surface area contributed by atoms with Gasteiger partial charge in [-0.15, -0.1) is 0 Å². The molecule has 1 amide bonds. The summed E-state index contributed by atoms with van der Waals surface area (Å²) in [5.74, 6) is 0.190. The Hall–Kier alpha value is -1.55. The minimum atomic E-state index is 0.190. The SMILES string of the molecule is CCN(Cc1ccccc1N)C(=O)CCC1CCCCO1. The molecule has 1 aromatic carbocycles. The molecule has 1 aliphatic heterocycles. The maximum Gasteiger partial charge on any atom is 0.222 e. The van der Waals surface area contributed by atoms with Crippen LogP contribution in [0.15, 0.2) is 24.3 Å². The molecule has 1 aromatic rings. The number of nitrogen functional groups attached to an aromatic ring is 1. The summed E-state index contributed by atoms with van der Waals surface area (Å²) < 4.78 is 5.69. The highest BCUT2D eigenvalue weighted by atomic mass is 16.5. The standard InChI is InChI=1S/C17H26N2O2/c1-2-19(13-14-7-3-4-9-16(14)18)17(20)11-10-15-8-5-6-12-21-15/h3-4,7,9,15H,2,5-6,8,10-13,18H2,1H3. The van der Waals surface area contributed by atoms with Crippen molar-refractivity contribution in [1.82, 2.24) is 4.90 Å². The Bertz CT molecular complexity index is 456. The van der Waals surface area contributed by atoms with Crippen LogP contribution in [0.2, 0.25) is 0 Å². The monoisotopic (exact) mass is 290 g/mol. The number of carbonyl (C=O) groups is 1. The fourth-order valence-corrected chi connectivity index (χ4v) is 2.74. The summed E-state index contributed by atoms with van der Waals surface area (Å²) in [6, 6.07) is 7.73. The largest absolute Gasteiger partial charge is 0.398 e.